The number of fused-ring (bicyclic) bond motifs is 1. The van der Waals surface area contributed by atoms with Gasteiger partial charge in [-0.05, 0) is 20.3 Å². The van der Waals surface area contributed by atoms with E-state index in [1.165, 1.54) is 5.56 Å². The lowest BCUT2D eigenvalue weighted by Gasteiger charge is -2.29. The second-order valence-corrected chi connectivity index (χ2v) is 4.57. The first-order chi connectivity index (χ1) is 7.63. The molecule has 0 aromatic carbocycles. The van der Waals surface area contributed by atoms with Gasteiger partial charge in [-0.1, -0.05) is 0 Å². The molecule has 0 unspecified atom stereocenters. The van der Waals surface area contributed by atoms with Crippen LogP contribution in [0.1, 0.15) is 25.1 Å². The third kappa shape index (κ3) is 1.92. The zero-order valence-electron chi connectivity index (χ0n) is 9.98. The highest BCUT2D eigenvalue weighted by atomic mass is 16.3. The standard InChI is InChI=1S/C11H20N4O/c1-8(2)14-4-3-9-10(7-14)13-15(5-6-16)11(9)12/h8,16H,3-7,12H2,1-2H3. The van der Waals surface area contributed by atoms with Crippen LogP contribution in [0.2, 0.25) is 0 Å². The molecule has 2 rings (SSSR count). The minimum absolute atomic E-state index is 0.0820. The van der Waals surface area contributed by atoms with E-state index in [4.69, 9.17) is 10.8 Å². The molecule has 16 heavy (non-hydrogen) atoms. The van der Waals surface area contributed by atoms with Gasteiger partial charge in [-0.25, -0.2) is 4.68 Å². The van der Waals surface area contributed by atoms with Crippen molar-refractivity contribution in [2.24, 2.45) is 0 Å². The molecule has 1 aromatic heterocycles. The van der Waals surface area contributed by atoms with Crippen LogP contribution in [0.3, 0.4) is 0 Å². The SMILES string of the molecule is CC(C)N1CCc2c(nn(CCO)c2N)C1. The largest absolute Gasteiger partial charge is 0.394 e. The molecule has 90 valence electrons. The number of nitrogens with two attached hydrogens (primary N) is 1. The molecule has 0 spiro atoms. The van der Waals surface area contributed by atoms with Gasteiger partial charge in [-0.15, -0.1) is 0 Å². The van der Waals surface area contributed by atoms with Crippen LogP contribution in [0.4, 0.5) is 5.82 Å². The van der Waals surface area contributed by atoms with E-state index in [0.717, 1.165) is 31.0 Å². The number of nitrogen functional groups attached to an aromatic ring is 1. The topological polar surface area (TPSA) is 67.3 Å². The highest BCUT2D eigenvalue weighted by Crippen LogP contribution is 2.24. The van der Waals surface area contributed by atoms with E-state index in [2.05, 4.69) is 23.8 Å². The Bertz CT molecular complexity index is 372. The molecular formula is C11H20N4O. The van der Waals surface area contributed by atoms with Gasteiger partial charge in [-0.2, -0.15) is 5.10 Å². The van der Waals surface area contributed by atoms with E-state index in [9.17, 15) is 0 Å². The quantitative estimate of drug-likeness (QED) is 0.771. The maximum Gasteiger partial charge on any atom is 0.125 e. The lowest BCUT2D eigenvalue weighted by molar-refractivity contribution is 0.200. The third-order valence-corrected chi connectivity index (χ3v) is 3.22. The van der Waals surface area contributed by atoms with E-state index < -0.39 is 0 Å². The second kappa shape index (κ2) is 4.43. The number of aliphatic hydroxyl groups excluding tert-OH is 1. The number of hydrogen-bond acceptors (Lipinski definition) is 4. The minimum atomic E-state index is 0.0820. The van der Waals surface area contributed by atoms with E-state index in [1.54, 1.807) is 4.68 Å². The van der Waals surface area contributed by atoms with Crippen molar-refractivity contribution in [1.82, 2.24) is 14.7 Å². The van der Waals surface area contributed by atoms with Crippen molar-refractivity contribution in [3.63, 3.8) is 0 Å². The summed E-state index contributed by atoms with van der Waals surface area (Å²) in [5.74, 6) is 0.729. The molecule has 0 aliphatic carbocycles. The Morgan fingerprint density at radius 2 is 2.25 bits per heavy atom. The Labute approximate surface area is 95.8 Å². The zero-order chi connectivity index (χ0) is 11.7. The molecule has 2 heterocycles. The fourth-order valence-electron chi connectivity index (χ4n) is 2.20. The molecule has 5 heteroatoms. The molecule has 0 saturated heterocycles. The summed E-state index contributed by atoms with van der Waals surface area (Å²) in [6, 6.07) is 0.539. The van der Waals surface area contributed by atoms with E-state index in [-0.39, 0.29) is 6.61 Å². The van der Waals surface area contributed by atoms with Crippen LogP contribution in [0.5, 0.6) is 0 Å². The van der Waals surface area contributed by atoms with Crippen molar-refractivity contribution in [2.75, 3.05) is 18.9 Å². The summed E-state index contributed by atoms with van der Waals surface area (Å²) in [5, 5.41) is 13.4. The lowest BCUT2D eigenvalue weighted by atomic mass is 10.1. The Kier molecular flexibility index (Phi) is 3.16. The van der Waals surface area contributed by atoms with Crippen LogP contribution in [-0.2, 0) is 19.5 Å². The van der Waals surface area contributed by atoms with Crippen LogP contribution in [0.15, 0.2) is 0 Å². The normalized spacial score (nSPS) is 16.8. The van der Waals surface area contributed by atoms with E-state index in [0.29, 0.717) is 12.6 Å². The summed E-state index contributed by atoms with van der Waals surface area (Å²) >= 11 is 0. The fourth-order valence-corrected chi connectivity index (χ4v) is 2.20. The van der Waals surface area contributed by atoms with Gasteiger partial charge in [0.05, 0.1) is 18.8 Å². The van der Waals surface area contributed by atoms with Gasteiger partial charge >= 0.3 is 0 Å². The van der Waals surface area contributed by atoms with Crippen molar-refractivity contribution in [1.29, 1.82) is 0 Å². The highest BCUT2D eigenvalue weighted by molar-refractivity contribution is 5.44. The van der Waals surface area contributed by atoms with Crippen LogP contribution in [-0.4, -0.2) is 39.0 Å². The molecule has 0 amide bonds. The average molecular weight is 224 g/mol. The van der Waals surface area contributed by atoms with Crippen molar-refractivity contribution in [3.8, 4) is 0 Å². The minimum Gasteiger partial charge on any atom is -0.394 e. The summed E-state index contributed by atoms with van der Waals surface area (Å²) in [6.45, 7) is 6.87. The average Bonchev–Trinajstić information content (AvgIpc) is 2.56. The van der Waals surface area contributed by atoms with Crippen LogP contribution in [0.25, 0.3) is 0 Å². The molecule has 0 bridgehead atoms. The molecular weight excluding hydrogens is 204 g/mol. The Hall–Kier alpha value is -1.07. The summed E-state index contributed by atoms with van der Waals surface area (Å²) in [5.41, 5.74) is 8.25. The molecule has 3 N–H and O–H groups in total. The summed E-state index contributed by atoms with van der Waals surface area (Å²) in [7, 11) is 0. The first-order valence-electron chi connectivity index (χ1n) is 5.82. The predicted molar refractivity (Wildman–Crippen MR) is 63.0 cm³/mol. The highest BCUT2D eigenvalue weighted by Gasteiger charge is 2.24. The monoisotopic (exact) mass is 224 g/mol. The number of aromatic nitrogens is 2. The van der Waals surface area contributed by atoms with E-state index in [1.807, 2.05) is 0 Å². The Morgan fingerprint density at radius 3 is 2.88 bits per heavy atom. The first kappa shape index (κ1) is 11.4. The number of aliphatic hydroxyl groups is 1. The van der Waals surface area contributed by atoms with Crippen LogP contribution in [0, 0.1) is 0 Å². The first-order valence-corrected chi connectivity index (χ1v) is 5.82. The molecule has 0 radical (unpaired) electrons. The molecule has 0 fully saturated rings. The Balaban J connectivity index is 2.23. The molecule has 1 aliphatic rings. The zero-order valence-corrected chi connectivity index (χ0v) is 9.98. The van der Waals surface area contributed by atoms with Crippen molar-refractivity contribution in [3.05, 3.63) is 11.3 Å². The van der Waals surface area contributed by atoms with Gasteiger partial charge < -0.3 is 10.8 Å². The van der Waals surface area contributed by atoms with Gasteiger partial charge in [-0.3, -0.25) is 4.90 Å². The van der Waals surface area contributed by atoms with Gasteiger partial charge in [0.2, 0.25) is 0 Å². The summed E-state index contributed by atoms with van der Waals surface area (Å²) < 4.78 is 1.72. The number of nitrogens with zero attached hydrogens (tertiary/aromatic N) is 3. The van der Waals surface area contributed by atoms with Crippen molar-refractivity contribution >= 4 is 5.82 Å². The van der Waals surface area contributed by atoms with Crippen molar-refractivity contribution < 1.29 is 5.11 Å². The van der Waals surface area contributed by atoms with Gasteiger partial charge in [0, 0.05) is 24.7 Å². The van der Waals surface area contributed by atoms with Crippen molar-refractivity contribution in [2.45, 2.75) is 39.4 Å². The van der Waals surface area contributed by atoms with Gasteiger partial charge in [0.25, 0.3) is 0 Å². The molecule has 1 aromatic rings. The number of anilines is 1. The molecule has 0 atom stereocenters. The molecule has 5 nitrogen and oxygen atoms in total. The predicted octanol–water partition coefficient (Wildman–Crippen LogP) is 0.224. The smallest absolute Gasteiger partial charge is 0.125 e. The van der Waals surface area contributed by atoms with Crippen LogP contribution < -0.4 is 5.73 Å². The Morgan fingerprint density at radius 1 is 1.50 bits per heavy atom. The lowest BCUT2D eigenvalue weighted by Crippen LogP contribution is -2.35. The third-order valence-electron chi connectivity index (χ3n) is 3.22. The van der Waals surface area contributed by atoms with E-state index >= 15 is 0 Å². The fraction of sp³-hybridized carbons (Fsp3) is 0.727. The number of hydrogen-bond donors (Lipinski definition) is 2. The van der Waals surface area contributed by atoms with Gasteiger partial charge in [0.15, 0.2) is 0 Å². The second-order valence-electron chi connectivity index (χ2n) is 4.57. The molecule has 1 aliphatic heterocycles. The summed E-state index contributed by atoms with van der Waals surface area (Å²) in [6.07, 6.45) is 0.963. The van der Waals surface area contributed by atoms with Gasteiger partial charge in [0.1, 0.15) is 5.82 Å². The number of rotatable bonds is 3. The maximum absolute atomic E-state index is 8.92. The summed E-state index contributed by atoms with van der Waals surface area (Å²) in [4.78, 5) is 2.39. The molecule has 0 saturated carbocycles. The maximum atomic E-state index is 8.92. The van der Waals surface area contributed by atoms with Crippen LogP contribution >= 0.6 is 0 Å².